The molecule has 17 heavy (non-hydrogen) atoms. The smallest absolute Gasteiger partial charge is 0.465 e. The fraction of sp³-hybridized carbons (Fsp3) is 0.222. The van der Waals surface area contributed by atoms with E-state index in [-0.39, 0.29) is 0 Å². The zero-order valence-corrected chi connectivity index (χ0v) is 8.47. The Labute approximate surface area is 92.9 Å². The fourth-order valence-corrected chi connectivity index (χ4v) is 1.05. The number of anilines is 1. The fourth-order valence-electron chi connectivity index (χ4n) is 1.05. The highest BCUT2D eigenvalue weighted by atomic mass is 19.4. The van der Waals surface area contributed by atoms with E-state index in [0.717, 1.165) is 7.11 Å². The van der Waals surface area contributed by atoms with Gasteiger partial charge in [0.1, 0.15) is 17.1 Å². The predicted octanol–water partition coefficient (Wildman–Crippen LogP) is 2.09. The van der Waals surface area contributed by atoms with Crippen LogP contribution in [-0.4, -0.2) is 19.4 Å². The van der Waals surface area contributed by atoms with Crippen molar-refractivity contribution >= 4 is 11.7 Å². The van der Waals surface area contributed by atoms with Gasteiger partial charge in [0.15, 0.2) is 0 Å². The Balaban J connectivity index is 3.26. The number of methoxy groups -OCH3 is 1. The molecular weight excluding hydrogens is 246 g/mol. The molecule has 0 radical (unpaired) electrons. The largest absolute Gasteiger partial charge is 0.573 e. The summed E-state index contributed by atoms with van der Waals surface area (Å²) in [6.07, 6.45) is -5.02. The third-order valence-electron chi connectivity index (χ3n) is 1.73. The van der Waals surface area contributed by atoms with Crippen molar-refractivity contribution in [3.8, 4) is 5.75 Å². The minimum absolute atomic E-state index is 0.516. The van der Waals surface area contributed by atoms with Crippen LogP contribution in [0.4, 0.5) is 23.2 Å². The van der Waals surface area contributed by atoms with Gasteiger partial charge < -0.3 is 15.2 Å². The molecule has 0 bridgehead atoms. The average molecular weight is 253 g/mol. The minimum Gasteiger partial charge on any atom is -0.465 e. The molecule has 2 N–H and O–H groups in total. The van der Waals surface area contributed by atoms with Gasteiger partial charge in [0, 0.05) is 6.07 Å². The van der Waals surface area contributed by atoms with Crippen molar-refractivity contribution in [1.29, 1.82) is 0 Å². The van der Waals surface area contributed by atoms with Crippen LogP contribution in [0.1, 0.15) is 10.4 Å². The van der Waals surface area contributed by atoms with Gasteiger partial charge in [-0.3, -0.25) is 0 Å². The molecule has 0 aliphatic rings. The Bertz CT molecular complexity index is 445. The van der Waals surface area contributed by atoms with Crippen molar-refractivity contribution in [2.45, 2.75) is 6.36 Å². The molecule has 0 fully saturated rings. The molecule has 0 atom stereocenters. The van der Waals surface area contributed by atoms with Crippen LogP contribution in [0.25, 0.3) is 0 Å². The Kier molecular flexibility index (Phi) is 3.45. The number of halogens is 4. The third kappa shape index (κ3) is 3.23. The Morgan fingerprint density at radius 2 is 1.94 bits per heavy atom. The molecular formula is C9H7F4NO3. The first-order valence-corrected chi connectivity index (χ1v) is 4.17. The van der Waals surface area contributed by atoms with Gasteiger partial charge in [-0.2, -0.15) is 0 Å². The van der Waals surface area contributed by atoms with E-state index in [1.54, 1.807) is 0 Å². The second-order valence-electron chi connectivity index (χ2n) is 2.91. The predicted molar refractivity (Wildman–Crippen MR) is 48.8 cm³/mol. The summed E-state index contributed by atoms with van der Waals surface area (Å²) >= 11 is 0. The highest BCUT2D eigenvalue weighted by Gasteiger charge is 2.33. The normalized spacial score (nSPS) is 11.1. The number of benzene rings is 1. The van der Waals surface area contributed by atoms with E-state index in [1.807, 2.05) is 0 Å². The number of ether oxygens (including phenoxy) is 2. The highest BCUT2D eigenvalue weighted by Crippen LogP contribution is 2.30. The van der Waals surface area contributed by atoms with Crippen LogP contribution in [0.5, 0.6) is 5.75 Å². The van der Waals surface area contributed by atoms with Crippen molar-refractivity contribution in [2.24, 2.45) is 0 Å². The number of carbonyl (C=O) groups is 1. The first-order valence-electron chi connectivity index (χ1n) is 4.17. The molecule has 0 aliphatic carbocycles. The van der Waals surface area contributed by atoms with E-state index in [1.165, 1.54) is 0 Å². The lowest BCUT2D eigenvalue weighted by atomic mass is 10.1. The summed E-state index contributed by atoms with van der Waals surface area (Å²) in [5, 5.41) is 0. The Hall–Kier alpha value is -1.99. The molecule has 0 heterocycles. The van der Waals surface area contributed by atoms with E-state index in [9.17, 15) is 22.4 Å². The summed E-state index contributed by atoms with van der Waals surface area (Å²) in [5.74, 6) is -3.12. The van der Waals surface area contributed by atoms with E-state index in [0.29, 0.717) is 12.1 Å². The number of hydrogen-bond acceptors (Lipinski definition) is 4. The van der Waals surface area contributed by atoms with Crippen molar-refractivity contribution in [3.05, 3.63) is 23.5 Å². The summed E-state index contributed by atoms with van der Waals surface area (Å²) in [5.41, 5.74) is 3.81. The minimum atomic E-state index is -5.02. The van der Waals surface area contributed by atoms with Gasteiger partial charge in [0.25, 0.3) is 0 Å². The van der Waals surface area contributed by atoms with Crippen molar-refractivity contribution < 1.29 is 31.8 Å². The van der Waals surface area contributed by atoms with Crippen molar-refractivity contribution in [3.63, 3.8) is 0 Å². The van der Waals surface area contributed by atoms with E-state index in [4.69, 9.17) is 5.73 Å². The summed E-state index contributed by atoms with van der Waals surface area (Å²) in [6, 6.07) is 1.08. The van der Waals surface area contributed by atoms with Gasteiger partial charge in [0.2, 0.25) is 0 Å². The summed E-state index contributed by atoms with van der Waals surface area (Å²) < 4.78 is 56.8. The molecule has 1 rings (SSSR count). The van der Waals surface area contributed by atoms with Gasteiger partial charge in [0.05, 0.1) is 12.8 Å². The maximum absolute atomic E-state index is 13.0. The van der Waals surface area contributed by atoms with Gasteiger partial charge in [-0.05, 0) is 6.07 Å². The highest BCUT2D eigenvalue weighted by molar-refractivity contribution is 5.93. The second-order valence-corrected chi connectivity index (χ2v) is 2.91. The standard InChI is InChI=1S/C9H7F4NO3/c1-16-8(15)4-2-5(10)6(14)3-7(4)17-9(11,12)13/h2-3H,14H2,1H3. The molecule has 0 spiro atoms. The lowest BCUT2D eigenvalue weighted by molar-refractivity contribution is -0.274. The molecule has 1 aromatic carbocycles. The van der Waals surface area contributed by atoms with E-state index < -0.39 is 35.1 Å². The molecule has 0 amide bonds. The molecule has 0 saturated carbocycles. The van der Waals surface area contributed by atoms with Crippen LogP contribution in [0.15, 0.2) is 12.1 Å². The zero-order chi connectivity index (χ0) is 13.2. The van der Waals surface area contributed by atoms with Gasteiger partial charge in [-0.25, -0.2) is 9.18 Å². The van der Waals surface area contributed by atoms with Crippen LogP contribution >= 0.6 is 0 Å². The Morgan fingerprint density at radius 1 is 1.35 bits per heavy atom. The lowest BCUT2D eigenvalue weighted by Gasteiger charge is -2.13. The number of rotatable bonds is 2. The molecule has 4 nitrogen and oxygen atoms in total. The molecule has 0 aliphatic heterocycles. The van der Waals surface area contributed by atoms with E-state index >= 15 is 0 Å². The van der Waals surface area contributed by atoms with Gasteiger partial charge in [-0.15, -0.1) is 13.2 Å². The topological polar surface area (TPSA) is 61.5 Å². The molecule has 1 aromatic rings. The average Bonchev–Trinajstić information content (AvgIpc) is 2.20. The van der Waals surface area contributed by atoms with Crippen molar-refractivity contribution in [2.75, 3.05) is 12.8 Å². The SMILES string of the molecule is COC(=O)c1cc(F)c(N)cc1OC(F)(F)F. The summed E-state index contributed by atoms with van der Waals surface area (Å²) in [7, 11) is 0.938. The first kappa shape index (κ1) is 13.1. The Morgan fingerprint density at radius 3 is 2.41 bits per heavy atom. The molecule has 0 saturated heterocycles. The lowest BCUT2D eigenvalue weighted by Crippen LogP contribution is -2.19. The summed E-state index contributed by atoms with van der Waals surface area (Å²) in [4.78, 5) is 11.1. The first-order chi connectivity index (χ1) is 7.74. The van der Waals surface area contributed by atoms with E-state index in [2.05, 4.69) is 9.47 Å². The van der Waals surface area contributed by atoms with Crippen LogP contribution in [0.3, 0.4) is 0 Å². The maximum atomic E-state index is 13.0. The second kappa shape index (κ2) is 4.48. The number of nitrogen functional groups attached to an aromatic ring is 1. The third-order valence-corrected chi connectivity index (χ3v) is 1.73. The maximum Gasteiger partial charge on any atom is 0.573 e. The van der Waals surface area contributed by atoms with Crippen LogP contribution < -0.4 is 10.5 Å². The summed E-state index contributed by atoms with van der Waals surface area (Å²) in [6.45, 7) is 0. The van der Waals surface area contributed by atoms with Gasteiger partial charge in [-0.1, -0.05) is 0 Å². The quantitative estimate of drug-likeness (QED) is 0.498. The van der Waals surface area contributed by atoms with Crippen LogP contribution in [-0.2, 0) is 4.74 Å². The number of nitrogens with two attached hydrogens (primary N) is 1. The number of hydrogen-bond donors (Lipinski definition) is 1. The van der Waals surface area contributed by atoms with Crippen LogP contribution in [0.2, 0.25) is 0 Å². The van der Waals surface area contributed by atoms with Crippen molar-refractivity contribution in [1.82, 2.24) is 0 Å². The molecule has 0 unspecified atom stereocenters. The van der Waals surface area contributed by atoms with Crippen LogP contribution in [0, 0.1) is 5.82 Å². The molecule has 0 aromatic heterocycles. The number of alkyl halides is 3. The monoisotopic (exact) mass is 253 g/mol. The van der Waals surface area contributed by atoms with Gasteiger partial charge >= 0.3 is 12.3 Å². The molecule has 8 heteroatoms. The number of esters is 1. The zero-order valence-electron chi connectivity index (χ0n) is 8.47. The number of carbonyl (C=O) groups excluding carboxylic acids is 1. The molecule has 94 valence electrons.